The zero-order valence-corrected chi connectivity index (χ0v) is 16.2. The molecule has 1 unspecified atom stereocenters. The molecule has 0 aliphatic carbocycles. The van der Waals surface area contributed by atoms with E-state index in [-0.39, 0.29) is 5.91 Å². The summed E-state index contributed by atoms with van der Waals surface area (Å²) in [7, 11) is 0. The van der Waals surface area contributed by atoms with Crippen LogP contribution in [0.15, 0.2) is 37.1 Å². The lowest BCUT2D eigenvalue weighted by molar-refractivity contribution is 0.00191. The number of nitrogens with one attached hydrogen (secondary N) is 1. The third kappa shape index (κ3) is 4.93. The Hall–Kier alpha value is -2.25. The Bertz CT molecular complexity index is 692. The van der Waals surface area contributed by atoms with Gasteiger partial charge in [0.25, 0.3) is 5.91 Å². The first-order valence-electron chi connectivity index (χ1n) is 9.77. The van der Waals surface area contributed by atoms with E-state index in [1.165, 1.54) is 0 Å². The number of nitrogens with zero attached hydrogens (tertiary/aromatic N) is 4. The summed E-state index contributed by atoms with van der Waals surface area (Å²) < 4.78 is 7.30. The number of hydrogen-bond acceptors (Lipinski definition) is 5. The Morgan fingerprint density at radius 2 is 2.04 bits per heavy atom. The van der Waals surface area contributed by atoms with E-state index in [1.807, 2.05) is 16.8 Å². The van der Waals surface area contributed by atoms with Gasteiger partial charge in [-0.05, 0) is 18.1 Å². The molecule has 7 heteroatoms. The number of carbonyl (C=O) groups is 1. The first kappa shape index (κ1) is 19.5. The van der Waals surface area contributed by atoms with Gasteiger partial charge in [0.1, 0.15) is 12.1 Å². The minimum atomic E-state index is -0.0797. The number of morpholine rings is 1. The molecule has 3 rings (SSSR count). The number of carbonyl (C=O) groups excluding carboxylic acids is 1. The summed E-state index contributed by atoms with van der Waals surface area (Å²) >= 11 is 0. The van der Waals surface area contributed by atoms with Gasteiger partial charge in [-0.2, -0.15) is 0 Å². The molecule has 7 nitrogen and oxygen atoms in total. The maximum Gasteiger partial charge on any atom is 0.252 e. The van der Waals surface area contributed by atoms with Gasteiger partial charge in [0.05, 0.1) is 18.8 Å². The molecule has 146 valence electrons. The number of aromatic nitrogens is 3. The smallest absolute Gasteiger partial charge is 0.252 e. The third-order valence-corrected chi connectivity index (χ3v) is 5.36. The lowest BCUT2D eigenvalue weighted by Gasteiger charge is -2.38. The molecule has 0 aromatic carbocycles. The summed E-state index contributed by atoms with van der Waals surface area (Å²) in [6.07, 6.45) is 9.04. The molecule has 2 aromatic rings. The van der Waals surface area contributed by atoms with Crippen molar-refractivity contribution in [3.63, 3.8) is 0 Å². The van der Waals surface area contributed by atoms with Gasteiger partial charge in [-0.15, -0.1) is 0 Å². The molecule has 3 heterocycles. The highest BCUT2D eigenvalue weighted by Crippen LogP contribution is 2.19. The molecule has 1 N–H and O–H groups in total. The average molecular weight is 371 g/mol. The molecule has 1 amide bonds. The van der Waals surface area contributed by atoms with E-state index < -0.39 is 0 Å². The van der Waals surface area contributed by atoms with Crippen LogP contribution < -0.4 is 5.32 Å². The Balaban J connectivity index is 1.62. The molecule has 27 heavy (non-hydrogen) atoms. The van der Waals surface area contributed by atoms with Crippen LogP contribution in [0, 0.1) is 5.92 Å². The lowest BCUT2D eigenvalue weighted by Crippen LogP contribution is -2.52. The van der Waals surface area contributed by atoms with E-state index in [1.54, 1.807) is 24.8 Å². The molecule has 0 spiro atoms. The van der Waals surface area contributed by atoms with Crippen LogP contribution in [0.2, 0.25) is 0 Å². The predicted molar refractivity (Wildman–Crippen MR) is 104 cm³/mol. The van der Waals surface area contributed by atoms with Gasteiger partial charge in [0.2, 0.25) is 0 Å². The summed E-state index contributed by atoms with van der Waals surface area (Å²) in [6.45, 7) is 8.49. The van der Waals surface area contributed by atoms with Crippen LogP contribution in [0.25, 0.3) is 5.82 Å². The van der Waals surface area contributed by atoms with Gasteiger partial charge < -0.3 is 10.1 Å². The molecule has 2 aromatic heterocycles. The number of imidazole rings is 1. The first-order chi connectivity index (χ1) is 13.2. The number of hydrogen-bond donors (Lipinski definition) is 1. The molecular formula is C20H29N5O2. The molecule has 1 saturated heterocycles. The van der Waals surface area contributed by atoms with Crippen molar-refractivity contribution in [3.8, 4) is 5.82 Å². The second-order valence-corrected chi connectivity index (χ2v) is 6.88. The summed E-state index contributed by atoms with van der Waals surface area (Å²) in [4.78, 5) is 23.4. The molecule has 1 atom stereocenters. The largest absolute Gasteiger partial charge is 0.379 e. The first-order valence-corrected chi connectivity index (χ1v) is 9.77. The van der Waals surface area contributed by atoms with E-state index in [2.05, 4.69) is 34.0 Å². The number of amides is 1. The van der Waals surface area contributed by atoms with Crippen molar-refractivity contribution in [1.82, 2.24) is 24.8 Å². The SMILES string of the molecule is CCC(CC)C(CNC(=O)c1ccc(-n2ccnc2)nc1)N1CCOCC1. The summed E-state index contributed by atoms with van der Waals surface area (Å²) in [6, 6.07) is 3.97. The van der Waals surface area contributed by atoms with Crippen molar-refractivity contribution in [2.45, 2.75) is 32.7 Å². The van der Waals surface area contributed by atoms with Crippen LogP contribution in [0.5, 0.6) is 0 Å². The summed E-state index contributed by atoms with van der Waals surface area (Å²) in [5.74, 6) is 1.22. The van der Waals surface area contributed by atoms with Crippen molar-refractivity contribution in [2.24, 2.45) is 5.92 Å². The zero-order chi connectivity index (χ0) is 19.1. The Morgan fingerprint density at radius 3 is 2.63 bits per heavy atom. The normalized spacial score (nSPS) is 16.4. The van der Waals surface area contributed by atoms with Crippen molar-refractivity contribution < 1.29 is 9.53 Å². The minimum Gasteiger partial charge on any atom is -0.379 e. The molecule has 1 aliphatic heterocycles. The molecular weight excluding hydrogens is 342 g/mol. The number of ether oxygens (including phenoxy) is 1. The van der Waals surface area contributed by atoms with Gasteiger partial charge in [0.15, 0.2) is 0 Å². The fourth-order valence-electron chi connectivity index (χ4n) is 3.70. The van der Waals surface area contributed by atoms with Crippen LogP contribution in [0.3, 0.4) is 0 Å². The fraction of sp³-hybridized carbons (Fsp3) is 0.550. The Labute approximate surface area is 160 Å². The predicted octanol–water partition coefficient (Wildman–Crippen LogP) is 2.13. The monoisotopic (exact) mass is 371 g/mol. The maximum absolute atomic E-state index is 12.6. The van der Waals surface area contributed by atoms with Crippen molar-refractivity contribution in [1.29, 1.82) is 0 Å². The van der Waals surface area contributed by atoms with Gasteiger partial charge in [-0.1, -0.05) is 26.7 Å². The standard InChI is InChI=1S/C20H29N5O2/c1-3-16(4-2)18(24-9-11-27-12-10-24)14-23-20(26)17-5-6-19(22-13-17)25-8-7-21-15-25/h5-8,13,15-16,18H,3-4,9-12,14H2,1-2H3,(H,23,26). The highest BCUT2D eigenvalue weighted by atomic mass is 16.5. The van der Waals surface area contributed by atoms with Crippen molar-refractivity contribution in [3.05, 3.63) is 42.6 Å². The van der Waals surface area contributed by atoms with Crippen molar-refractivity contribution >= 4 is 5.91 Å². The summed E-state index contributed by atoms with van der Waals surface area (Å²) in [5, 5.41) is 3.12. The van der Waals surface area contributed by atoms with E-state index in [4.69, 9.17) is 4.74 Å². The van der Waals surface area contributed by atoms with Gasteiger partial charge >= 0.3 is 0 Å². The average Bonchev–Trinajstić information content (AvgIpc) is 3.26. The fourth-order valence-corrected chi connectivity index (χ4v) is 3.70. The van der Waals surface area contributed by atoms with E-state index in [9.17, 15) is 4.79 Å². The lowest BCUT2D eigenvalue weighted by atomic mass is 9.92. The Morgan fingerprint density at radius 1 is 1.26 bits per heavy atom. The molecule has 1 fully saturated rings. The quantitative estimate of drug-likeness (QED) is 0.770. The Kier molecular flexibility index (Phi) is 6.95. The minimum absolute atomic E-state index is 0.0797. The molecule has 1 aliphatic rings. The highest BCUT2D eigenvalue weighted by molar-refractivity contribution is 5.93. The summed E-state index contributed by atoms with van der Waals surface area (Å²) in [5.41, 5.74) is 0.573. The maximum atomic E-state index is 12.6. The number of pyridine rings is 1. The van der Waals surface area contributed by atoms with E-state index in [0.29, 0.717) is 24.1 Å². The van der Waals surface area contributed by atoms with Crippen LogP contribution in [0.1, 0.15) is 37.0 Å². The number of rotatable bonds is 8. The van der Waals surface area contributed by atoms with Crippen LogP contribution in [0.4, 0.5) is 0 Å². The van der Waals surface area contributed by atoms with Gasteiger partial charge in [-0.25, -0.2) is 9.97 Å². The van der Waals surface area contributed by atoms with Gasteiger partial charge in [0, 0.05) is 44.3 Å². The molecule has 0 radical (unpaired) electrons. The van der Waals surface area contributed by atoms with Gasteiger partial charge in [-0.3, -0.25) is 14.3 Å². The second-order valence-electron chi connectivity index (χ2n) is 6.88. The van der Waals surface area contributed by atoms with Crippen molar-refractivity contribution in [2.75, 3.05) is 32.8 Å². The van der Waals surface area contributed by atoms with Crippen LogP contribution in [-0.2, 0) is 4.74 Å². The van der Waals surface area contributed by atoms with E-state index >= 15 is 0 Å². The van der Waals surface area contributed by atoms with E-state index in [0.717, 1.165) is 45.0 Å². The van der Waals surface area contributed by atoms with Crippen LogP contribution in [-0.4, -0.2) is 64.2 Å². The highest BCUT2D eigenvalue weighted by Gasteiger charge is 2.27. The zero-order valence-electron chi connectivity index (χ0n) is 16.2. The second kappa shape index (κ2) is 9.62. The third-order valence-electron chi connectivity index (χ3n) is 5.36. The molecule has 0 saturated carbocycles. The molecule has 0 bridgehead atoms. The topological polar surface area (TPSA) is 72.3 Å². The van der Waals surface area contributed by atoms with Crippen LogP contribution >= 0.6 is 0 Å².